The Balaban J connectivity index is 2.05. The van der Waals surface area contributed by atoms with Crippen molar-refractivity contribution in [2.45, 2.75) is 6.92 Å². The minimum absolute atomic E-state index is 0.792. The van der Waals surface area contributed by atoms with Crippen LogP contribution in [-0.4, -0.2) is 27.1 Å². The molecule has 108 valence electrons. The van der Waals surface area contributed by atoms with E-state index in [0.29, 0.717) is 0 Å². The molecular formula is C17H14N4O. The summed E-state index contributed by atoms with van der Waals surface area (Å²) in [6, 6.07) is 15.8. The number of pyridine rings is 1. The van der Waals surface area contributed by atoms with Gasteiger partial charge >= 0.3 is 0 Å². The molecule has 0 bridgehead atoms. The third-order valence-corrected chi connectivity index (χ3v) is 3.70. The maximum atomic E-state index is 5.29. The van der Waals surface area contributed by atoms with Crippen molar-refractivity contribution in [3.63, 3.8) is 0 Å². The fraction of sp³-hybridized carbons (Fsp3) is 0.118. The molecule has 0 amide bonds. The SMILES string of the molecule is COc1ccc2c(-n3nnc4ccccc43)cc(C)nc2c1. The lowest BCUT2D eigenvalue weighted by atomic mass is 10.1. The lowest BCUT2D eigenvalue weighted by Gasteiger charge is -2.09. The van der Waals surface area contributed by atoms with Gasteiger partial charge in [-0.3, -0.25) is 4.98 Å². The Hall–Kier alpha value is -2.95. The lowest BCUT2D eigenvalue weighted by Crippen LogP contribution is -2.00. The van der Waals surface area contributed by atoms with Crippen LogP contribution in [0, 0.1) is 6.92 Å². The molecular weight excluding hydrogens is 276 g/mol. The number of hydrogen-bond donors (Lipinski definition) is 0. The Labute approximate surface area is 127 Å². The maximum absolute atomic E-state index is 5.29. The van der Waals surface area contributed by atoms with Gasteiger partial charge in [0.25, 0.3) is 0 Å². The molecule has 0 spiro atoms. The highest BCUT2D eigenvalue weighted by molar-refractivity contribution is 5.90. The second kappa shape index (κ2) is 4.80. The monoisotopic (exact) mass is 290 g/mol. The molecule has 0 unspecified atom stereocenters. The van der Waals surface area contributed by atoms with Crippen LogP contribution in [0.2, 0.25) is 0 Å². The van der Waals surface area contributed by atoms with Gasteiger partial charge in [-0.25, -0.2) is 4.68 Å². The molecule has 0 aliphatic heterocycles. The van der Waals surface area contributed by atoms with E-state index in [-0.39, 0.29) is 0 Å². The van der Waals surface area contributed by atoms with E-state index in [1.165, 1.54) is 0 Å². The molecule has 0 fully saturated rings. The first kappa shape index (κ1) is 12.8. The Morgan fingerprint density at radius 2 is 1.86 bits per heavy atom. The second-order valence-corrected chi connectivity index (χ2v) is 5.16. The predicted molar refractivity (Wildman–Crippen MR) is 85.5 cm³/mol. The van der Waals surface area contributed by atoms with Crippen molar-refractivity contribution < 1.29 is 4.74 Å². The number of rotatable bonds is 2. The van der Waals surface area contributed by atoms with Gasteiger partial charge in [0.1, 0.15) is 11.3 Å². The Kier molecular flexibility index (Phi) is 2.79. The van der Waals surface area contributed by atoms with Crippen molar-refractivity contribution in [1.82, 2.24) is 20.0 Å². The van der Waals surface area contributed by atoms with Gasteiger partial charge in [0.05, 0.1) is 23.8 Å². The summed E-state index contributed by atoms with van der Waals surface area (Å²) in [7, 11) is 1.66. The topological polar surface area (TPSA) is 52.8 Å². The van der Waals surface area contributed by atoms with Crippen molar-refractivity contribution in [3.8, 4) is 11.4 Å². The number of hydrogen-bond acceptors (Lipinski definition) is 4. The van der Waals surface area contributed by atoms with Crippen LogP contribution in [0.4, 0.5) is 0 Å². The van der Waals surface area contributed by atoms with E-state index in [2.05, 4.69) is 15.3 Å². The van der Waals surface area contributed by atoms with E-state index in [4.69, 9.17) is 4.74 Å². The van der Waals surface area contributed by atoms with Crippen LogP contribution in [-0.2, 0) is 0 Å². The number of methoxy groups -OCH3 is 1. The number of ether oxygens (including phenoxy) is 1. The first-order valence-electron chi connectivity index (χ1n) is 7.02. The smallest absolute Gasteiger partial charge is 0.121 e. The summed E-state index contributed by atoms with van der Waals surface area (Å²) in [5.74, 6) is 0.792. The number of para-hydroxylation sites is 1. The Morgan fingerprint density at radius 3 is 2.73 bits per heavy atom. The summed E-state index contributed by atoms with van der Waals surface area (Å²) in [6.07, 6.45) is 0. The average molecular weight is 290 g/mol. The van der Waals surface area contributed by atoms with Crippen LogP contribution in [0.1, 0.15) is 5.69 Å². The molecule has 2 aromatic heterocycles. The molecule has 0 saturated heterocycles. The molecule has 2 heterocycles. The first-order chi connectivity index (χ1) is 10.8. The minimum atomic E-state index is 0.792. The number of fused-ring (bicyclic) bond motifs is 2. The maximum Gasteiger partial charge on any atom is 0.121 e. The van der Waals surface area contributed by atoms with Crippen LogP contribution in [0.5, 0.6) is 5.75 Å². The second-order valence-electron chi connectivity index (χ2n) is 5.16. The van der Waals surface area contributed by atoms with E-state index in [1.807, 2.05) is 60.1 Å². The summed E-state index contributed by atoms with van der Waals surface area (Å²) in [5, 5.41) is 9.56. The summed E-state index contributed by atoms with van der Waals surface area (Å²) in [5.41, 5.74) is 4.63. The third-order valence-electron chi connectivity index (χ3n) is 3.70. The molecule has 5 heteroatoms. The summed E-state index contributed by atoms with van der Waals surface area (Å²) in [6.45, 7) is 1.97. The first-order valence-corrected chi connectivity index (χ1v) is 7.02. The van der Waals surface area contributed by atoms with E-state index in [9.17, 15) is 0 Å². The highest BCUT2D eigenvalue weighted by Gasteiger charge is 2.11. The zero-order chi connectivity index (χ0) is 15.1. The number of aryl methyl sites for hydroxylation is 1. The van der Waals surface area contributed by atoms with Crippen LogP contribution >= 0.6 is 0 Å². The molecule has 4 aromatic rings. The largest absolute Gasteiger partial charge is 0.497 e. The van der Waals surface area contributed by atoms with Gasteiger partial charge in [0, 0.05) is 17.1 Å². The molecule has 0 aliphatic rings. The molecule has 22 heavy (non-hydrogen) atoms. The Bertz CT molecular complexity index is 990. The quantitative estimate of drug-likeness (QED) is 0.568. The Morgan fingerprint density at radius 1 is 1.00 bits per heavy atom. The summed E-state index contributed by atoms with van der Waals surface area (Å²) >= 11 is 0. The molecule has 0 atom stereocenters. The molecule has 0 radical (unpaired) electrons. The molecule has 4 rings (SSSR count). The molecule has 0 N–H and O–H groups in total. The van der Waals surface area contributed by atoms with Crippen LogP contribution < -0.4 is 4.74 Å². The van der Waals surface area contributed by atoms with E-state index >= 15 is 0 Å². The van der Waals surface area contributed by atoms with Crippen molar-refractivity contribution in [3.05, 3.63) is 54.2 Å². The summed E-state index contributed by atoms with van der Waals surface area (Å²) < 4.78 is 7.15. The lowest BCUT2D eigenvalue weighted by molar-refractivity contribution is 0.415. The van der Waals surface area contributed by atoms with Crippen LogP contribution in [0.25, 0.3) is 27.6 Å². The zero-order valence-corrected chi connectivity index (χ0v) is 12.3. The molecule has 0 saturated carbocycles. The van der Waals surface area contributed by atoms with Gasteiger partial charge < -0.3 is 4.74 Å². The van der Waals surface area contributed by atoms with Crippen LogP contribution in [0.15, 0.2) is 48.5 Å². The standard InChI is InChI=1S/C17H14N4O/c1-11-9-17(13-8-7-12(22-2)10-15(13)18-11)21-16-6-4-3-5-14(16)19-20-21/h3-10H,1-2H3. The number of aromatic nitrogens is 4. The van der Waals surface area contributed by atoms with Gasteiger partial charge in [-0.2, -0.15) is 0 Å². The highest BCUT2D eigenvalue weighted by atomic mass is 16.5. The van der Waals surface area contributed by atoms with Crippen molar-refractivity contribution >= 4 is 21.9 Å². The highest BCUT2D eigenvalue weighted by Crippen LogP contribution is 2.27. The van der Waals surface area contributed by atoms with Gasteiger partial charge in [0.15, 0.2) is 0 Å². The van der Waals surface area contributed by atoms with Crippen LogP contribution in [0.3, 0.4) is 0 Å². The number of nitrogens with zero attached hydrogens (tertiary/aromatic N) is 4. The molecule has 0 aliphatic carbocycles. The molecule has 5 nitrogen and oxygen atoms in total. The minimum Gasteiger partial charge on any atom is -0.497 e. The van der Waals surface area contributed by atoms with Crippen molar-refractivity contribution in [2.24, 2.45) is 0 Å². The van der Waals surface area contributed by atoms with E-state index in [1.54, 1.807) is 7.11 Å². The number of benzene rings is 2. The average Bonchev–Trinajstić information content (AvgIpc) is 2.97. The zero-order valence-electron chi connectivity index (χ0n) is 12.3. The van der Waals surface area contributed by atoms with E-state index < -0.39 is 0 Å². The van der Waals surface area contributed by atoms with E-state index in [0.717, 1.165) is 39.1 Å². The van der Waals surface area contributed by atoms with Gasteiger partial charge in [0.2, 0.25) is 0 Å². The van der Waals surface area contributed by atoms with Gasteiger partial charge in [-0.1, -0.05) is 17.3 Å². The van der Waals surface area contributed by atoms with Crippen molar-refractivity contribution in [2.75, 3.05) is 7.11 Å². The van der Waals surface area contributed by atoms with Gasteiger partial charge in [-0.15, -0.1) is 5.10 Å². The fourth-order valence-electron chi connectivity index (χ4n) is 2.67. The summed E-state index contributed by atoms with van der Waals surface area (Å²) in [4.78, 5) is 4.59. The predicted octanol–water partition coefficient (Wildman–Crippen LogP) is 3.29. The van der Waals surface area contributed by atoms with Crippen molar-refractivity contribution in [1.29, 1.82) is 0 Å². The normalized spacial score (nSPS) is 11.2. The van der Waals surface area contributed by atoms with Gasteiger partial charge in [-0.05, 0) is 37.3 Å². The molecule has 2 aromatic carbocycles. The fourth-order valence-corrected chi connectivity index (χ4v) is 2.67. The third kappa shape index (κ3) is 1.90.